The summed E-state index contributed by atoms with van der Waals surface area (Å²) in [7, 11) is 0. The fourth-order valence-corrected chi connectivity index (χ4v) is 3.62. The Balaban J connectivity index is 1.69. The molecule has 0 bridgehead atoms. The predicted molar refractivity (Wildman–Crippen MR) is 120 cm³/mol. The number of hydrogen-bond acceptors (Lipinski definition) is 3. The molecule has 6 heteroatoms. The highest BCUT2D eigenvalue weighted by atomic mass is 16.4. The van der Waals surface area contributed by atoms with Gasteiger partial charge in [0.2, 0.25) is 0 Å². The van der Waals surface area contributed by atoms with Crippen molar-refractivity contribution in [3.05, 3.63) is 90.9 Å². The van der Waals surface area contributed by atoms with Gasteiger partial charge in [-0.2, -0.15) is 0 Å². The van der Waals surface area contributed by atoms with E-state index >= 15 is 0 Å². The van der Waals surface area contributed by atoms with Crippen LogP contribution >= 0.6 is 0 Å². The van der Waals surface area contributed by atoms with Crippen LogP contribution in [-0.4, -0.2) is 27.4 Å². The molecule has 0 aliphatic carbocycles. The number of benzene rings is 2. The van der Waals surface area contributed by atoms with Crippen molar-refractivity contribution in [3.63, 3.8) is 0 Å². The Morgan fingerprint density at radius 3 is 2.47 bits per heavy atom. The summed E-state index contributed by atoms with van der Waals surface area (Å²) in [6.07, 6.45) is 5.62. The molecule has 0 spiro atoms. The quantitative estimate of drug-likeness (QED) is 0.451. The molecule has 0 saturated carbocycles. The van der Waals surface area contributed by atoms with Gasteiger partial charge in [-0.1, -0.05) is 37.3 Å². The summed E-state index contributed by atoms with van der Waals surface area (Å²) in [6.45, 7) is 3.30. The highest BCUT2D eigenvalue weighted by molar-refractivity contribution is 5.91. The Hall–Kier alpha value is -3.80. The average molecular weight is 400 g/mol. The molecule has 152 valence electrons. The maximum Gasteiger partial charge on any atom is 0.412 e. The van der Waals surface area contributed by atoms with Crippen LogP contribution in [0.3, 0.4) is 0 Å². The second-order valence-corrected chi connectivity index (χ2v) is 7.09. The van der Waals surface area contributed by atoms with Gasteiger partial charge in [0.15, 0.2) is 0 Å². The number of nitrogens with zero attached hydrogens (tertiary/aromatic N) is 4. The first-order valence-corrected chi connectivity index (χ1v) is 10.0. The Kier molecular flexibility index (Phi) is 5.66. The molecule has 6 nitrogen and oxygen atoms in total. The normalized spacial score (nSPS) is 10.8. The SMILES string of the molecule is CCCN(c1ccncc1)n1ccc2cc(N(Cc3ccccc3)C(=O)O)ccc21. The summed E-state index contributed by atoms with van der Waals surface area (Å²) in [5.74, 6) is 0. The molecule has 1 amide bonds. The van der Waals surface area contributed by atoms with Gasteiger partial charge in [0, 0.05) is 36.2 Å². The first-order chi connectivity index (χ1) is 14.7. The Bertz CT molecular complexity index is 1130. The van der Waals surface area contributed by atoms with Crippen LogP contribution in [0.2, 0.25) is 0 Å². The number of amides is 1. The zero-order valence-corrected chi connectivity index (χ0v) is 16.8. The molecule has 0 radical (unpaired) electrons. The molecule has 0 saturated heterocycles. The second kappa shape index (κ2) is 8.69. The van der Waals surface area contributed by atoms with Gasteiger partial charge < -0.3 is 5.11 Å². The van der Waals surface area contributed by atoms with Crippen molar-refractivity contribution in [1.29, 1.82) is 0 Å². The predicted octanol–water partition coefficient (Wildman–Crippen LogP) is 5.40. The third kappa shape index (κ3) is 3.98. The van der Waals surface area contributed by atoms with E-state index in [1.54, 1.807) is 12.4 Å². The van der Waals surface area contributed by atoms with Gasteiger partial charge in [-0.05, 0) is 48.4 Å². The molecule has 2 aromatic carbocycles. The van der Waals surface area contributed by atoms with Crippen LogP contribution < -0.4 is 9.91 Å². The highest BCUT2D eigenvalue weighted by Gasteiger charge is 2.17. The van der Waals surface area contributed by atoms with E-state index in [4.69, 9.17) is 0 Å². The van der Waals surface area contributed by atoms with Crippen molar-refractivity contribution in [2.24, 2.45) is 0 Å². The molecule has 4 aromatic rings. The number of aromatic nitrogens is 2. The number of carboxylic acid groups (broad SMARTS) is 1. The first-order valence-electron chi connectivity index (χ1n) is 10.0. The van der Waals surface area contributed by atoms with E-state index in [2.05, 4.69) is 21.6 Å². The van der Waals surface area contributed by atoms with Crippen molar-refractivity contribution in [3.8, 4) is 0 Å². The summed E-state index contributed by atoms with van der Waals surface area (Å²) in [5, 5.41) is 13.0. The number of pyridine rings is 1. The van der Waals surface area contributed by atoms with Gasteiger partial charge in [-0.3, -0.25) is 19.6 Å². The van der Waals surface area contributed by atoms with Crippen molar-refractivity contribution in [2.75, 3.05) is 16.5 Å². The van der Waals surface area contributed by atoms with Gasteiger partial charge in [0.25, 0.3) is 0 Å². The van der Waals surface area contributed by atoms with E-state index in [0.29, 0.717) is 12.2 Å². The van der Waals surface area contributed by atoms with Crippen LogP contribution in [0.25, 0.3) is 10.9 Å². The lowest BCUT2D eigenvalue weighted by Gasteiger charge is -2.26. The lowest BCUT2D eigenvalue weighted by Crippen LogP contribution is -2.30. The van der Waals surface area contributed by atoms with E-state index in [9.17, 15) is 9.90 Å². The fraction of sp³-hybridized carbons (Fsp3) is 0.167. The first kappa shape index (κ1) is 19.5. The van der Waals surface area contributed by atoms with Crippen LogP contribution in [0.5, 0.6) is 0 Å². The van der Waals surface area contributed by atoms with Crippen molar-refractivity contribution in [1.82, 2.24) is 9.66 Å². The Morgan fingerprint density at radius 2 is 1.77 bits per heavy atom. The van der Waals surface area contributed by atoms with Crippen LogP contribution in [0.4, 0.5) is 16.2 Å². The minimum absolute atomic E-state index is 0.307. The summed E-state index contributed by atoms with van der Waals surface area (Å²) >= 11 is 0. The van der Waals surface area contributed by atoms with Crippen LogP contribution in [0.1, 0.15) is 18.9 Å². The highest BCUT2D eigenvalue weighted by Crippen LogP contribution is 2.27. The van der Waals surface area contributed by atoms with Crippen molar-refractivity contribution < 1.29 is 9.90 Å². The summed E-state index contributed by atoms with van der Waals surface area (Å²) in [5.41, 5.74) is 3.69. The van der Waals surface area contributed by atoms with Crippen LogP contribution in [0, 0.1) is 0 Å². The van der Waals surface area contributed by atoms with E-state index in [0.717, 1.165) is 35.1 Å². The van der Waals surface area contributed by atoms with Crippen LogP contribution in [-0.2, 0) is 6.54 Å². The van der Waals surface area contributed by atoms with Gasteiger partial charge in [-0.15, -0.1) is 0 Å². The van der Waals surface area contributed by atoms with E-state index < -0.39 is 6.09 Å². The van der Waals surface area contributed by atoms with E-state index in [-0.39, 0.29) is 0 Å². The number of hydrogen-bond donors (Lipinski definition) is 1. The second-order valence-electron chi connectivity index (χ2n) is 7.09. The zero-order valence-electron chi connectivity index (χ0n) is 16.8. The monoisotopic (exact) mass is 400 g/mol. The maximum absolute atomic E-state index is 11.9. The maximum atomic E-state index is 11.9. The summed E-state index contributed by atoms with van der Waals surface area (Å²) < 4.78 is 2.11. The van der Waals surface area contributed by atoms with Gasteiger partial charge in [-0.25, -0.2) is 4.79 Å². The molecule has 0 atom stereocenters. The standard InChI is InChI=1S/C24H24N4O2/c1-2-15-27(21-10-13-25-14-11-21)28-16-12-20-17-22(8-9-23(20)28)26(24(29)30)18-19-6-4-3-5-7-19/h3-14,16-17H,2,15,18H2,1H3,(H,29,30). The molecule has 1 N–H and O–H groups in total. The number of carbonyl (C=O) groups is 1. The Labute approximate surface area is 175 Å². The molecule has 0 aliphatic heterocycles. The molecule has 2 heterocycles. The zero-order chi connectivity index (χ0) is 20.9. The molecular weight excluding hydrogens is 376 g/mol. The van der Waals surface area contributed by atoms with Gasteiger partial charge >= 0.3 is 6.09 Å². The largest absolute Gasteiger partial charge is 0.465 e. The molecule has 0 aliphatic rings. The molecule has 30 heavy (non-hydrogen) atoms. The van der Waals surface area contributed by atoms with Crippen molar-refractivity contribution >= 4 is 28.4 Å². The lowest BCUT2D eigenvalue weighted by atomic mass is 10.2. The van der Waals surface area contributed by atoms with E-state index in [1.165, 1.54) is 4.90 Å². The molecule has 2 aromatic heterocycles. The average Bonchev–Trinajstić information content (AvgIpc) is 3.20. The topological polar surface area (TPSA) is 61.6 Å². The molecule has 0 unspecified atom stereocenters. The molecule has 0 fully saturated rings. The Morgan fingerprint density at radius 1 is 1.00 bits per heavy atom. The lowest BCUT2D eigenvalue weighted by molar-refractivity contribution is 0.201. The third-order valence-corrected chi connectivity index (χ3v) is 5.04. The fourth-order valence-electron chi connectivity index (χ4n) is 3.62. The number of fused-ring (bicyclic) bond motifs is 1. The number of anilines is 2. The summed E-state index contributed by atoms with van der Waals surface area (Å²) in [6, 6.07) is 21.4. The molecular formula is C24H24N4O2. The van der Waals surface area contributed by atoms with Gasteiger partial charge in [0.05, 0.1) is 17.7 Å². The smallest absolute Gasteiger partial charge is 0.412 e. The van der Waals surface area contributed by atoms with Gasteiger partial charge in [0.1, 0.15) is 0 Å². The number of rotatable bonds is 7. The van der Waals surface area contributed by atoms with Crippen molar-refractivity contribution in [2.45, 2.75) is 19.9 Å². The van der Waals surface area contributed by atoms with Crippen LogP contribution in [0.15, 0.2) is 85.3 Å². The minimum Gasteiger partial charge on any atom is -0.465 e. The minimum atomic E-state index is -0.970. The van der Waals surface area contributed by atoms with E-state index in [1.807, 2.05) is 72.9 Å². The molecule has 4 rings (SSSR count). The third-order valence-electron chi connectivity index (χ3n) is 5.04. The summed E-state index contributed by atoms with van der Waals surface area (Å²) in [4.78, 5) is 17.4.